The fraction of sp³-hybridized carbons (Fsp3) is 0.500. The molecule has 0 aliphatic heterocycles. The number of esters is 1. The Balaban J connectivity index is 2.89. The van der Waals surface area contributed by atoms with Gasteiger partial charge in [0.25, 0.3) is 0 Å². The Morgan fingerprint density at radius 2 is 2.05 bits per heavy atom. The topological polar surface area (TPSA) is 60.4 Å². The summed E-state index contributed by atoms with van der Waals surface area (Å²) in [6.07, 6.45) is 0.773. The quantitative estimate of drug-likeness (QED) is 0.758. The van der Waals surface area contributed by atoms with Crippen LogP contribution in [0.5, 0.6) is 0 Å². The first-order valence-corrected chi connectivity index (χ1v) is 8.18. The summed E-state index contributed by atoms with van der Waals surface area (Å²) >= 11 is 0. The van der Waals surface area contributed by atoms with Crippen molar-refractivity contribution in [3.8, 4) is 0 Å². The summed E-state index contributed by atoms with van der Waals surface area (Å²) in [6, 6.07) is 3.75. The summed E-state index contributed by atoms with van der Waals surface area (Å²) in [7, 11) is -2.13. The second-order valence-corrected chi connectivity index (χ2v) is 6.98. The number of carbonyl (C=O) groups excluding carboxylic acids is 1. The smallest absolute Gasteiger partial charge is 0.340 e. The Hall–Kier alpha value is -1.43. The largest absolute Gasteiger partial charge is 0.465 e. The molecule has 0 saturated heterocycles. The molecule has 0 aliphatic rings. The van der Waals surface area contributed by atoms with Crippen LogP contribution in [0, 0.1) is 11.7 Å². The van der Waals surface area contributed by atoms with Gasteiger partial charge in [0.05, 0.1) is 24.2 Å². The Morgan fingerprint density at radius 3 is 2.55 bits per heavy atom. The molecule has 0 fully saturated rings. The van der Waals surface area contributed by atoms with Crippen LogP contribution < -0.4 is 0 Å². The first-order valence-electron chi connectivity index (χ1n) is 6.36. The minimum Gasteiger partial charge on any atom is -0.465 e. The molecule has 1 atom stereocenters. The molecule has 0 spiro atoms. The highest BCUT2D eigenvalue weighted by atomic mass is 32.2. The van der Waals surface area contributed by atoms with E-state index in [2.05, 4.69) is 4.74 Å². The van der Waals surface area contributed by atoms with Crippen LogP contribution in [0.15, 0.2) is 18.2 Å². The molecule has 0 bridgehead atoms. The zero-order chi connectivity index (χ0) is 15.3. The lowest BCUT2D eigenvalue weighted by Gasteiger charge is -2.10. The van der Waals surface area contributed by atoms with Crippen LogP contribution in [0.4, 0.5) is 4.39 Å². The third-order valence-corrected chi connectivity index (χ3v) is 4.91. The molecule has 0 heterocycles. The fourth-order valence-corrected chi connectivity index (χ4v) is 3.70. The molecule has 0 saturated carbocycles. The van der Waals surface area contributed by atoms with E-state index in [1.807, 2.05) is 13.8 Å². The molecule has 112 valence electrons. The maximum Gasteiger partial charge on any atom is 0.340 e. The minimum atomic E-state index is -3.28. The van der Waals surface area contributed by atoms with Gasteiger partial charge in [-0.25, -0.2) is 17.6 Å². The molecular weight excluding hydrogens is 283 g/mol. The lowest BCUT2D eigenvalue weighted by atomic mass is 10.1. The number of hydrogen-bond acceptors (Lipinski definition) is 4. The Labute approximate surface area is 118 Å². The molecule has 0 aliphatic carbocycles. The van der Waals surface area contributed by atoms with Crippen LogP contribution in [0.25, 0.3) is 0 Å². The summed E-state index contributed by atoms with van der Waals surface area (Å²) in [5.74, 6) is -1.64. The maximum atomic E-state index is 13.7. The molecule has 1 aromatic carbocycles. The molecule has 1 aromatic rings. The van der Waals surface area contributed by atoms with Crippen LogP contribution in [0.1, 0.15) is 36.2 Å². The molecule has 0 amide bonds. The summed E-state index contributed by atoms with van der Waals surface area (Å²) in [4.78, 5) is 11.2. The molecule has 6 heteroatoms. The number of ether oxygens (including phenoxy) is 1. The van der Waals surface area contributed by atoms with E-state index >= 15 is 0 Å². The zero-order valence-corrected chi connectivity index (χ0v) is 12.7. The lowest BCUT2D eigenvalue weighted by Crippen LogP contribution is -2.15. The number of carbonyl (C=O) groups is 1. The Morgan fingerprint density at radius 1 is 1.40 bits per heavy atom. The first kappa shape index (κ1) is 16.6. The van der Waals surface area contributed by atoms with Gasteiger partial charge in [0.15, 0.2) is 9.84 Å². The van der Waals surface area contributed by atoms with Crippen LogP contribution in [0.3, 0.4) is 0 Å². The van der Waals surface area contributed by atoms with Gasteiger partial charge in [0.1, 0.15) is 5.82 Å². The molecule has 20 heavy (non-hydrogen) atoms. The summed E-state index contributed by atoms with van der Waals surface area (Å²) < 4.78 is 42.0. The standard InChI is InChI=1S/C14H19FO4S/c1-4-10(2)8-20(17,18)9-11-5-6-12(13(15)7-11)14(16)19-3/h5-7,10H,4,8-9H2,1-3H3. The average Bonchev–Trinajstić information content (AvgIpc) is 2.36. The van der Waals surface area contributed by atoms with E-state index in [0.717, 1.165) is 19.6 Å². The molecular formula is C14H19FO4S. The third-order valence-electron chi connectivity index (χ3n) is 3.06. The first-order chi connectivity index (χ1) is 9.29. The zero-order valence-electron chi connectivity index (χ0n) is 11.8. The van der Waals surface area contributed by atoms with Gasteiger partial charge in [-0.2, -0.15) is 0 Å². The predicted octanol–water partition coefficient (Wildman–Crippen LogP) is 2.57. The van der Waals surface area contributed by atoms with Crippen molar-refractivity contribution in [1.82, 2.24) is 0 Å². The number of sulfone groups is 1. The van der Waals surface area contributed by atoms with Gasteiger partial charge < -0.3 is 4.74 Å². The van der Waals surface area contributed by atoms with Crippen molar-refractivity contribution >= 4 is 15.8 Å². The SMILES string of the molecule is CCC(C)CS(=O)(=O)Cc1ccc(C(=O)OC)c(F)c1. The number of rotatable bonds is 6. The van der Waals surface area contributed by atoms with E-state index < -0.39 is 21.6 Å². The number of halogens is 1. The van der Waals surface area contributed by atoms with Crippen molar-refractivity contribution in [3.05, 3.63) is 35.1 Å². The van der Waals surface area contributed by atoms with Gasteiger partial charge >= 0.3 is 5.97 Å². The van der Waals surface area contributed by atoms with Crippen molar-refractivity contribution < 1.29 is 22.3 Å². The third kappa shape index (κ3) is 4.59. The van der Waals surface area contributed by atoms with E-state index in [4.69, 9.17) is 0 Å². The number of methoxy groups -OCH3 is 1. The van der Waals surface area contributed by atoms with E-state index in [1.54, 1.807) is 0 Å². The summed E-state index contributed by atoms with van der Waals surface area (Å²) in [5, 5.41) is 0. The molecule has 4 nitrogen and oxygen atoms in total. The van der Waals surface area contributed by atoms with Gasteiger partial charge in [-0.1, -0.05) is 26.3 Å². The van der Waals surface area contributed by atoms with Gasteiger partial charge in [-0.05, 0) is 23.6 Å². The molecule has 0 aromatic heterocycles. The Bertz CT molecular complexity index is 581. The highest BCUT2D eigenvalue weighted by Crippen LogP contribution is 2.16. The van der Waals surface area contributed by atoms with E-state index in [9.17, 15) is 17.6 Å². The van der Waals surface area contributed by atoms with E-state index in [-0.39, 0.29) is 23.0 Å². The Kier molecular flexibility index (Phi) is 5.68. The van der Waals surface area contributed by atoms with Gasteiger partial charge in [-0.15, -0.1) is 0 Å². The van der Waals surface area contributed by atoms with Crippen LogP contribution in [0.2, 0.25) is 0 Å². The highest BCUT2D eigenvalue weighted by Gasteiger charge is 2.18. The molecule has 0 radical (unpaired) electrons. The second kappa shape index (κ2) is 6.83. The van der Waals surface area contributed by atoms with E-state index in [0.29, 0.717) is 5.56 Å². The van der Waals surface area contributed by atoms with Crippen LogP contribution in [-0.2, 0) is 20.3 Å². The van der Waals surface area contributed by atoms with Crippen molar-refractivity contribution in [2.45, 2.75) is 26.0 Å². The molecule has 1 rings (SSSR count). The maximum absolute atomic E-state index is 13.7. The number of hydrogen-bond donors (Lipinski definition) is 0. The van der Waals surface area contributed by atoms with Gasteiger partial charge in [-0.3, -0.25) is 0 Å². The fourth-order valence-electron chi connectivity index (χ4n) is 1.79. The molecule has 0 N–H and O–H groups in total. The van der Waals surface area contributed by atoms with Gasteiger partial charge in [0, 0.05) is 0 Å². The molecule has 1 unspecified atom stereocenters. The van der Waals surface area contributed by atoms with Crippen molar-refractivity contribution in [3.63, 3.8) is 0 Å². The normalized spacial score (nSPS) is 13.0. The highest BCUT2D eigenvalue weighted by molar-refractivity contribution is 7.90. The van der Waals surface area contributed by atoms with Crippen LogP contribution >= 0.6 is 0 Å². The van der Waals surface area contributed by atoms with Gasteiger partial charge in [0.2, 0.25) is 0 Å². The summed E-state index contributed by atoms with van der Waals surface area (Å²) in [5.41, 5.74) is 0.133. The minimum absolute atomic E-state index is 0.0687. The average molecular weight is 302 g/mol. The monoisotopic (exact) mass is 302 g/mol. The van der Waals surface area contributed by atoms with Crippen molar-refractivity contribution in [1.29, 1.82) is 0 Å². The van der Waals surface area contributed by atoms with Crippen molar-refractivity contribution in [2.75, 3.05) is 12.9 Å². The van der Waals surface area contributed by atoms with Crippen molar-refractivity contribution in [2.24, 2.45) is 5.92 Å². The summed E-state index contributed by atoms with van der Waals surface area (Å²) in [6.45, 7) is 3.78. The van der Waals surface area contributed by atoms with Crippen LogP contribution in [-0.4, -0.2) is 27.2 Å². The van der Waals surface area contributed by atoms with E-state index in [1.165, 1.54) is 12.1 Å². The number of benzene rings is 1. The predicted molar refractivity (Wildman–Crippen MR) is 74.7 cm³/mol. The second-order valence-electron chi connectivity index (χ2n) is 4.87. The lowest BCUT2D eigenvalue weighted by molar-refractivity contribution is 0.0595.